The van der Waals surface area contributed by atoms with E-state index in [9.17, 15) is 4.79 Å². The summed E-state index contributed by atoms with van der Waals surface area (Å²) in [7, 11) is 1.61. The number of nitrogens with zero attached hydrogens (tertiary/aromatic N) is 2. The van der Waals surface area contributed by atoms with Crippen molar-refractivity contribution in [1.29, 1.82) is 0 Å². The van der Waals surface area contributed by atoms with E-state index in [-0.39, 0.29) is 5.69 Å². The Kier molecular flexibility index (Phi) is 5.08. The van der Waals surface area contributed by atoms with E-state index in [0.717, 1.165) is 11.3 Å². The second-order valence-electron chi connectivity index (χ2n) is 4.94. The van der Waals surface area contributed by atoms with Crippen molar-refractivity contribution in [2.75, 3.05) is 7.11 Å². The summed E-state index contributed by atoms with van der Waals surface area (Å²) in [5, 5.41) is 0.881. The molecule has 2 aromatic carbocycles. The highest BCUT2D eigenvalue weighted by Gasteiger charge is 2.05. The standard InChI is InChI=1S/C16H13Cl2N3O2S/c1-23-12-5-2-10(3-6-12)9-21-15(22)20-24-16(21)19-11-4-7-13(17)14(18)8-11/h2-8H,9H2,1H3,(H,20,22)/b19-16-. The van der Waals surface area contributed by atoms with Crippen LogP contribution in [0.5, 0.6) is 5.75 Å². The zero-order chi connectivity index (χ0) is 17.1. The van der Waals surface area contributed by atoms with Crippen LogP contribution >= 0.6 is 34.7 Å². The summed E-state index contributed by atoms with van der Waals surface area (Å²) in [6, 6.07) is 12.6. The van der Waals surface area contributed by atoms with E-state index in [0.29, 0.717) is 27.1 Å². The molecule has 0 amide bonds. The average Bonchev–Trinajstić information content (AvgIpc) is 2.92. The number of methoxy groups -OCH3 is 1. The first-order valence-corrected chi connectivity index (χ1v) is 8.55. The van der Waals surface area contributed by atoms with Crippen LogP contribution in [0.2, 0.25) is 10.0 Å². The van der Waals surface area contributed by atoms with Crippen molar-refractivity contribution in [3.63, 3.8) is 0 Å². The Morgan fingerprint density at radius 3 is 2.58 bits per heavy atom. The van der Waals surface area contributed by atoms with Crippen LogP contribution in [0.3, 0.4) is 0 Å². The van der Waals surface area contributed by atoms with Gasteiger partial charge >= 0.3 is 5.69 Å². The maximum absolute atomic E-state index is 12.1. The van der Waals surface area contributed by atoms with Crippen molar-refractivity contribution in [3.8, 4) is 5.75 Å². The number of aromatic nitrogens is 2. The normalized spacial score (nSPS) is 11.7. The van der Waals surface area contributed by atoms with Crippen LogP contribution in [0.4, 0.5) is 5.69 Å². The Balaban J connectivity index is 1.97. The number of H-pyrrole nitrogens is 1. The molecule has 0 bridgehead atoms. The summed E-state index contributed by atoms with van der Waals surface area (Å²) in [6.45, 7) is 0.406. The fourth-order valence-electron chi connectivity index (χ4n) is 2.09. The van der Waals surface area contributed by atoms with Crippen molar-refractivity contribution >= 4 is 40.4 Å². The van der Waals surface area contributed by atoms with Gasteiger partial charge in [0.05, 0.1) is 29.4 Å². The number of benzene rings is 2. The Hall–Kier alpha value is -2.02. The number of nitrogens with one attached hydrogen (secondary N) is 1. The van der Waals surface area contributed by atoms with Crippen LogP contribution in [-0.2, 0) is 6.54 Å². The van der Waals surface area contributed by atoms with Crippen LogP contribution in [0.25, 0.3) is 0 Å². The second-order valence-corrected chi connectivity index (χ2v) is 6.52. The number of aromatic amines is 1. The molecule has 124 valence electrons. The van der Waals surface area contributed by atoms with Gasteiger partial charge in [-0.1, -0.05) is 35.3 Å². The highest BCUT2D eigenvalue weighted by Crippen LogP contribution is 2.26. The molecule has 24 heavy (non-hydrogen) atoms. The zero-order valence-electron chi connectivity index (χ0n) is 12.6. The molecular weight excluding hydrogens is 369 g/mol. The molecule has 1 heterocycles. The van der Waals surface area contributed by atoms with Crippen LogP contribution < -0.4 is 15.2 Å². The van der Waals surface area contributed by atoms with E-state index >= 15 is 0 Å². The fraction of sp³-hybridized carbons (Fsp3) is 0.125. The third kappa shape index (κ3) is 3.72. The van der Waals surface area contributed by atoms with E-state index in [1.165, 1.54) is 11.5 Å². The maximum Gasteiger partial charge on any atom is 0.337 e. The molecule has 0 unspecified atom stereocenters. The summed E-state index contributed by atoms with van der Waals surface area (Å²) >= 11 is 13.1. The van der Waals surface area contributed by atoms with Gasteiger partial charge in [0, 0.05) is 0 Å². The number of hydrogen-bond acceptors (Lipinski definition) is 4. The Morgan fingerprint density at radius 2 is 1.92 bits per heavy atom. The van der Waals surface area contributed by atoms with Gasteiger partial charge in [0.25, 0.3) is 0 Å². The predicted octanol–water partition coefficient (Wildman–Crippen LogP) is 3.83. The first kappa shape index (κ1) is 16.8. The lowest BCUT2D eigenvalue weighted by Crippen LogP contribution is -2.26. The van der Waals surface area contributed by atoms with Crippen LogP contribution in [0.15, 0.2) is 52.3 Å². The largest absolute Gasteiger partial charge is 0.497 e. The van der Waals surface area contributed by atoms with Crippen molar-refractivity contribution < 1.29 is 4.74 Å². The van der Waals surface area contributed by atoms with E-state index in [1.54, 1.807) is 29.9 Å². The molecule has 0 aliphatic carbocycles. The van der Waals surface area contributed by atoms with Crippen LogP contribution in [0, 0.1) is 0 Å². The molecule has 3 aromatic rings. The van der Waals surface area contributed by atoms with Gasteiger partial charge in [-0.2, -0.15) is 0 Å². The molecule has 8 heteroatoms. The molecule has 1 N–H and O–H groups in total. The number of ether oxygens (including phenoxy) is 1. The lowest BCUT2D eigenvalue weighted by Gasteiger charge is -2.04. The molecule has 0 aliphatic heterocycles. The smallest absolute Gasteiger partial charge is 0.337 e. The van der Waals surface area contributed by atoms with Gasteiger partial charge in [-0.05, 0) is 47.4 Å². The van der Waals surface area contributed by atoms with Crippen molar-refractivity contribution in [1.82, 2.24) is 8.94 Å². The van der Waals surface area contributed by atoms with Gasteiger partial charge in [-0.3, -0.25) is 8.94 Å². The van der Waals surface area contributed by atoms with Gasteiger partial charge in [0.2, 0.25) is 4.80 Å². The van der Waals surface area contributed by atoms with Gasteiger partial charge < -0.3 is 4.74 Å². The average molecular weight is 382 g/mol. The molecule has 1 aromatic heterocycles. The number of hydrogen-bond donors (Lipinski definition) is 1. The maximum atomic E-state index is 12.1. The summed E-state index contributed by atoms with van der Waals surface area (Å²) in [4.78, 5) is 17.1. The van der Waals surface area contributed by atoms with Crippen molar-refractivity contribution in [2.24, 2.45) is 4.99 Å². The predicted molar refractivity (Wildman–Crippen MR) is 96.7 cm³/mol. The SMILES string of the molecule is COc1ccc(Cn2c(=O)[nH]s/c2=N\c2ccc(Cl)c(Cl)c2)cc1. The van der Waals surface area contributed by atoms with Gasteiger partial charge in [-0.15, -0.1) is 0 Å². The summed E-state index contributed by atoms with van der Waals surface area (Å²) in [5.74, 6) is 0.767. The molecule has 0 saturated carbocycles. The molecule has 0 atom stereocenters. The molecular formula is C16H13Cl2N3O2S. The van der Waals surface area contributed by atoms with Crippen molar-refractivity contribution in [3.05, 3.63) is 73.4 Å². The molecule has 3 rings (SSSR count). The minimum Gasteiger partial charge on any atom is -0.497 e. The molecule has 0 saturated heterocycles. The highest BCUT2D eigenvalue weighted by atomic mass is 35.5. The highest BCUT2D eigenvalue weighted by molar-refractivity contribution is 7.02. The molecule has 0 aliphatic rings. The summed E-state index contributed by atoms with van der Waals surface area (Å²) in [5.41, 5.74) is 1.38. The van der Waals surface area contributed by atoms with Crippen molar-refractivity contribution in [2.45, 2.75) is 6.54 Å². The van der Waals surface area contributed by atoms with Crippen LogP contribution in [-0.4, -0.2) is 16.1 Å². The van der Waals surface area contributed by atoms with Crippen LogP contribution in [0.1, 0.15) is 5.56 Å². The first-order chi connectivity index (χ1) is 11.6. The minimum absolute atomic E-state index is 0.213. The Bertz CT molecular complexity index is 974. The molecule has 5 nitrogen and oxygen atoms in total. The molecule has 0 radical (unpaired) electrons. The lowest BCUT2D eigenvalue weighted by molar-refractivity contribution is 0.414. The lowest BCUT2D eigenvalue weighted by atomic mass is 10.2. The monoisotopic (exact) mass is 381 g/mol. The summed E-state index contributed by atoms with van der Waals surface area (Å²) < 4.78 is 9.40. The first-order valence-electron chi connectivity index (χ1n) is 6.98. The number of halogens is 2. The summed E-state index contributed by atoms with van der Waals surface area (Å²) in [6.07, 6.45) is 0. The van der Waals surface area contributed by atoms with Gasteiger partial charge in [0.1, 0.15) is 5.75 Å². The third-order valence-electron chi connectivity index (χ3n) is 3.33. The quantitative estimate of drug-likeness (QED) is 0.746. The van der Waals surface area contributed by atoms with Gasteiger partial charge in [-0.25, -0.2) is 9.79 Å². The number of rotatable bonds is 4. The Labute approximate surface area is 151 Å². The zero-order valence-corrected chi connectivity index (χ0v) is 15.0. The van der Waals surface area contributed by atoms with E-state index in [4.69, 9.17) is 27.9 Å². The fourth-order valence-corrected chi connectivity index (χ4v) is 3.08. The Morgan fingerprint density at radius 1 is 1.17 bits per heavy atom. The van der Waals surface area contributed by atoms with E-state index in [2.05, 4.69) is 9.37 Å². The van der Waals surface area contributed by atoms with E-state index in [1.807, 2.05) is 24.3 Å². The molecule has 0 spiro atoms. The minimum atomic E-state index is -0.213. The van der Waals surface area contributed by atoms with Gasteiger partial charge in [0.15, 0.2) is 0 Å². The van der Waals surface area contributed by atoms with E-state index < -0.39 is 0 Å². The topological polar surface area (TPSA) is 59.4 Å². The molecule has 0 fully saturated rings. The third-order valence-corrected chi connectivity index (χ3v) is 4.84. The second kappa shape index (κ2) is 7.25.